The minimum absolute atomic E-state index is 0.495. The molecule has 0 aromatic heterocycles. The average Bonchev–Trinajstić information content (AvgIpc) is 2.37. The number of nitrogens with one attached hydrogen (secondary N) is 1. The van der Waals surface area contributed by atoms with Gasteiger partial charge in [-0.15, -0.1) is 0 Å². The van der Waals surface area contributed by atoms with Crippen LogP contribution in [0.15, 0.2) is 53.0 Å². The molecule has 0 aliphatic carbocycles. The Hall–Kier alpha value is -1.32. The summed E-state index contributed by atoms with van der Waals surface area (Å²) in [5, 5.41) is 13.4. The first-order valence-electron chi connectivity index (χ1n) is 5.90. The smallest absolute Gasteiger partial charge is 0.0964 e. The van der Waals surface area contributed by atoms with Crippen molar-refractivity contribution in [3.05, 3.63) is 64.1 Å². The lowest BCUT2D eigenvalue weighted by atomic mass is 10.0. The Bertz CT molecular complexity index is 527. The third-order valence-corrected chi connectivity index (χ3v) is 3.36. The van der Waals surface area contributed by atoms with Gasteiger partial charge in [0.25, 0.3) is 0 Å². The van der Waals surface area contributed by atoms with Crippen LogP contribution in [0, 0.1) is 6.92 Å². The second-order valence-corrected chi connectivity index (χ2v) is 5.18. The third kappa shape index (κ3) is 3.34. The van der Waals surface area contributed by atoms with E-state index in [2.05, 4.69) is 21.2 Å². The number of hydrogen-bond acceptors (Lipinski definition) is 2. The highest BCUT2D eigenvalue weighted by Crippen LogP contribution is 2.20. The van der Waals surface area contributed by atoms with Gasteiger partial charge in [0.15, 0.2) is 0 Å². The summed E-state index contributed by atoms with van der Waals surface area (Å²) in [6, 6.07) is 15.8. The molecule has 0 radical (unpaired) electrons. The predicted octanol–water partition coefficient (Wildman–Crippen LogP) is 3.90. The third-order valence-electron chi connectivity index (χ3n) is 2.87. The normalized spacial score (nSPS) is 12.2. The molecular weight excluding hydrogens is 290 g/mol. The van der Waals surface area contributed by atoms with Crippen molar-refractivity contribution in [3.8, 4) is 0 Å². The molecule has 2 nitrogen and oxygen atoms in total. The van der Waals surface area contributed by atoms with Crippen LogP contribution >= 0.6 is 15.9 Å². The van der Waals surface area contributed by atoms with E-state index in [1.54, 1.807) is 0 Å². The zero-order valence-corrected chi connectivity index (χ0v) is 11.8. The van der Waals surface area contributed by atoms with Crippen molar-refractivity contribution in [1.82, 2.24) is 0 Å². The number of aliphatic hydroxyl groups excluding tert-OH is 1. The minimum Gasteiger partial charge on any atom is -0.387 e. The van der Waals surface area contributed by atoms with Crippen LogP contribution in [0.5, 0.6) is 0 Å². The van der Waals surface area contributed by atoms with Crippen LogP contribution in [-0.4, -0.2) is 11.7 Å². The van der Waals surface area contributed by atoms with Gasteiger partial charge in [0.05, 0.1) is 6.10 Å². The van der Waals surface area contributed by atoms with Gasteiger partial charge >= 0.3 is 0 Å². The summed E-state index contributed by atoms with van der Waals surface area (Å²) < 4.78 is 1.03. The lowest BCUT2D eigenvalue weighted by Crippen LogP contribution is -2.13. The van der Waals surface area contributed by atoms with E-state index < -0.39 is 6.10 Å². The minimum atomic E-state index is -0.495. The van der Waals surface area contributed by atoms with Gasteiger partial charge < -0.3 is 10.4 Å². The number of aryl methyl sites for hydroxylation is 1. The molecule has 0 aliphatic rings. The highest BCUT2D eigenvalue weighted by molar-refractivity contribution is 9.10. The summed E-state index contributed by atoms with van der Waals surface area (Å²) in [5.74, 6) is 0. The Morgan fingerprint density at radius 1 is 1.17 bits per heavy atom. The summed E-state index contributed by atoms with van der Waals surface area (Å²) in [6.45, 7) is 2.51. The van der Waals surface area contributed by atoms with Gasteiger partial charge in [-0.3, -0.25) is 0 Å². The molecule has 0 amide bonds. The zero-order chi connectivity index (χ0) is 13.0. The molecule has 0 saturated heterocycles. The molecule has 2 aromatic carbocycles. The average molecular weight is 306 g/mol. The van der Waals surface area contributed by atoms with Crippen LogP contribution in [0.2, 0.25) is 0 Å². The second-order valence-electron chi connectivity index (χ2n) is 4.26. The molecule has 0 spiro atoms. The van der Waals surface area contributed by atoms with Gasteiger partial charge in [0.1, 0.15) is 0 Å². The van der Waals surface area contributed by atoms with Crippen molar-refractivity contribution in [1.29, 1.82) is 0 Å². The van der Waals surface area contributed by atoms with Crippen molar-refractivity contribution >= 4 is 21.6 Å². The Labute approximate surface area is 116 Å². The first-order chi connectivity index (χ1) is 8.66. The summed E-state index contributed by atoms with van der Waals surface area (Å²) in [5.41, 5.74) is 3.08. The van der Waals surface area contributed by atoms with Crippen LogP contribution in [0.4, 0.5) is 5.69 Å². The van der Waals surface area contributed by atoms with E-state index in [9.17, 15) is 5.11 Å². The zero-order valence-electron chi connectivity index (χ0n) is 10.2. The maximum atomic E-state index is 10.2. The summed E-state index contributed by atoms with van der Waals surface area (Å²) in [6.07, 6.45) is -0.495. The van der Waals surface area contributed by atoms with Crippen LogP contribution in [0.3, 0.4) is 0 Å². The fraction of sp³-hybridized carbons (Fsp3) is 0.200. The molecule has 1 unspecified atom stereocenters. The molecule has 0 aliphatic heterocycles. The quantitative estimate of drug-likeness (QED) is 0.898. The van der Waals surface area contributed by atoms with E-state index in [-0.39, 0.29) is 0 Å². The fourth-order valence-corrected chi connectivity index (χ4v) is 2.28. The largest absolute Gasteiger partial charge is 0.387 e. The van der Waals surface area contributed by atoms with Crippen molar-refractivity contribution in [2.75, 3.05) is 11.9 Å². The van der Waals surface area contributed by atoms with Gasteiger partial charge in [-0.1, -0.05) is 46.3 Å². The van der Waals surface area contributed by atoms with Gasteiger partial charge in [0, 0.05) is 16.7 Å². The molecule has 3 heteroatoms. The molecule has 2 aromatic rings. The van der Waals surface area contributed by atoms with Crippen molar-refractivity contribution in [2.45, 2.75) is 13.0 Å². The van der Waals surface area contributed by atoms with Crippen molar-refractivity contribution in [3.63, 3.8) is 0 Å². The van der Waals surface area contributed by atoms with Crippen molar-refractivity contribution in [2.24, 2.45) is 0 Å². The topological polar surface area (TPSA) is 32.3 Å². The van der Waals surface area contributed by atoms with E-state index >= 15 is 0 Å². The first kappa shape index (κ1) is 13.1. The monoisotopic (exact) mass is 305 g/mol. The summed E-state index contributed by atoms with van der Waals surface area (Å²) in [7, 11) is 0. The maximum Gasteiger partial charge on any atom is 0.0964 e. The highest BCUT2D eigenvalue weighted by atomic mass is 79.9. The van der Waals surface area contributed by atoms with E-state index in [4.69, 9.17) is 0 Å². The number of halogens is 1. The van der Waals surface area contributed by atoms with E-state index in [1.807, 2.05) is 55.5 Å². The van der Waals surface area contributed by atoms with Crippen LogP contribution in [0.1, 0.15) is 17.2 Å². The number of aliphatic hydroxyl groups is 1. The van der Waals surface area contributed by atoms with Crippen molar-refractivity contribution < 1.29 is 5.11 Å². The Morgan fingerprint density at radius 2 is 1.94 bits per heavy atom. The second kappa shape index (κ2) is 6.03. The molecule has 2 rings (SSSR count). The van der Waals surface area contributed by atoms with Crippen LogP contribution in [-0.2, 0) is 0 Å². The molecule has 0 fully saturated rings. The van der Waals surface area contributed by atoms with Gasteiger partial charge in [-0.05, 0) is 36.2 Å². The number of anilines is 1. The maximum absolute atomic E-state index is 10.2. The van der Waals surface area contributed by atoms with E-state index in [0.717, 1.165) is 21.3 Å². The van der Waals surface area contributed by atoms with Gasteiger partial charge in [-0.2, -0.15) is 0 Å². The molecule has 94 valence electrons. The predicted molar refractivity (Wildman–Crippen MR) is 78.8 cm³/mol. The Morgan fingerprint density at radius 3 is 2.67 bits per heavy atom. The first-order valence-corrected chi connectivity index (χ1v) is 6.69. The molecule has 18 heavy (non-hydrogen) atoms. The van der Waals surface area contributed by atoms with E-state index in [0.29, 0.717) is 6.54 Å². The van der Waals surface area contributed by atoms with Gasteiger partial charge in [0.2, 0.25) is 0 Å². The van der Waals surface area contributed by atoms with Gasteiger partial charge in [-0.25, -0.2) is 0 Å². The molecule has 0 bridgehead atoms. The molecule has 0 saturated carbocycles. The number of rotatable bonds is 4. The Balaban J connectivity index is 2.00. The summed E-state index contributed by atoms with van der Waals surface area (Å²) in [4.78, 5) is 0. The molecular formula is C15H16BrNO. The molecule has 2 N–H and O–H groups in total. The van der Waals surface area contributed by atoms with E-state index in [1.165, 1.54) is 0 Å². The summed E-state index contributed by atoms with van der Waals surface area (Å²) >= 11 is 3.42. The molecule has 0 heterocycles. The Kier molecular flexibility index (Phi) is 4.39. The molecule has 1 atom stereocenters. The fourth-order valence-electron chi connectivity index (χ4n) is 1.88. The van der Waals surface area contributed by atoms with Crippen LogP contribution in [0.25, 0.3) is 0 Å². The SMILES string of the molecule is Cc1ccccc1C(O)CNc1cccc(Br)c1. The standard InChI is InChI=1S/C15H16BrNO/c1-11-5-2-3-8-14(11)15(18)10-17-13-7-4-6-12(16)9-13/h2-9,15,17-18H,10H2,1H3. The van der Waals surface area contributed by atoms with Crippen LogP contribution < -0.4 is 5.32 Å². The number of hydrogen-bond donors (Lipinski definition) is 2. The lowest BCUT2D eigenvalue weighted by Gasteiger charge is -2.15. The number of benzene rings is 2. The lowest BCUT2D eigenvalue weighted by molar-refractivity contribution is 0.191. The highest BCUT2D eigenvalue weighted by Gasteiger charge is 2.09.